The molecule has 0 radical (unpaired) electrons. The molecule has 0 saturated carbocycles. The van der Waals surface area contributed by atoms with Gasteiger partial charge >= 0.3 is 6.16 Å². The highest BCUT2D eigenvalue weighted by Crippen LogP contribution is 1.93. The maximum Gasteiger partial charge on any atom is 0.508 e. The highest BCUT2D eigenvalue weighted by atomic mass is 16.7. The normalized spacial score (nSPS) is 10.6. The van der Waals surface area contributed by atoms with Crippen molar-refractivity contribution in [3.05, 3.63) is 0 Å². The number of hydrogen-bond acceptors (Lipinski definition) is 4. The first-order valence-electron chi connectivity index (χ1n) is 4.47. The van der Waals surface area contributed by atoms with Crippen LogP contribution < -0.4 is 0 Å². The minimum absolute atomic E-state index is 0.140. The summed E-state index contributed by atoms with van der Waals surface area (Å²) in [6, 6.07) is 0. The Labute approximate surface area is 79.2 Å². The lowest BCUT2D eigenvalue weighted by Gasteiger charge is -2.09. The predicted octanol–water partition coefficient (Wildman–Crippen LogP) is 1.97. The Morgan fingerprint density at radius 1 is 1.08 bits per heavy atom. The van der Waals surface area contributed by atoms with Crippen LogP contribution in [-0.4, -0.2) is 31.6 Å². The van der Waals surface area contributed by atoms with Gasteiger partial charge in [0.05, 0.1) is 18.8 Å². The van der Waals surface area contributed by atoms with Crippen LogP contribution >= 0.6 is 0 Å². The van der Waals surface area contributed by atoms with Crippen LogP contribution in [0.25, 0.3) is 0 Å². The molecule has 0 aromatic carbocycles. The zero-order valence-corrected chi connectivity index (χ0v) is 8.70. The zero-order valence-electron chi connectivity index (χ0n) is 8.70. The van der Waals surface area contributed by atoms with Crippen molar-refractivity contribution in [3.8, 4) is 0 Å². The van der Waals surface area contributed by atoms with Gasteiger partial charge in [-0.25, -0.2) is 4.79 Å². The molecule has 0 aromatic heterocycles. The quantitative estimate of drug-likeness (QED) is 0.491. The molecule has 0 saturated heterocycles. The first-order valence-corrected chi connectivity index (χ1v) is 4.47. The van der Waals surface area contributed by atoms with Crippen LogP contribution in [0.3, 0.4) is 0 Å². The highest BCUT2D eigenvalue weighted by molar-refractivity contribution is 5.59. The predicted molar refractivity (Wildman–Crippen MR) is 48.7 cm³/mol. The Balaban J connectivity index is 3.27. The van der Waals surface area contributed by atoms with Gasteiger partial charge in [0.2, 0.25) is 0 Å². The van der Waals surface area contributed by atoms with E-state index in [9.17, 15) is 4.79 Å². The van der Waals surface area contributed by atoms with Crippen LogP contribution in [0.4, 0.5) is 4.79 Å². The maximum atomic E-state index is 10.8. The first-order chi connectivity index (χ1) is 6.02. The van der Waals surface area contributed by atoms with Gasteiger partial charge in [0, 0.05) is 0 Å². The lowest BCUT2D eigenvalue weighted by molar-refractivity contribution is 0.00114. The summed E-state index contributed by atoms with van der Waals surface area (Å²) in [7, 11) is 0. The number of hydrogen-bond donors (Lipinski definition) is 0. The van der Waals surface area contributed by atoms with Crippen LogP contribution in [-0.2, 0) is 14.2 Å². The van der Waals surface area contributed by atoms with Crippen LogP contribution in [0.5, 0.6) is 0 Å². The average molecular weight is 190 g/mol. The summed E-state index contributed by atoms with van der Waals surface area (Å²) in [5, 5.41) is 0. The minimum Gasteiger partial charge on any atom is -0.432 e. The minimum atomic E-state index is -0.637. The first kappa shape index (κ1) is 12.2. The summed E-state index contributed by atoms with van der Waals surface area (Å²) in [6.45, 7) is 8.03. The summed E-state index contributed by atoms with van der Waals surface area (Å²) in [4.78, 5) is 10.8. The lowest BCUT2D eigenvalue weighted by atomic mass is 10.5. The molecule has 78 valence electrons. The molecule has 13 heavy (non-hydrogen) atoms. The standard InChI is InChI=1S/C9H18O4/c1-7(2)11-5-6-12-9(10)13-8(3)4/h7-8H,5-6H2,1-4H3. The van der Waals surface area contributed by atoms with Gasteiger partial charge in [-0.1, -0.05) is 0 Å². The van der Waals surface area contributed by atoms with Crippen LogP contribution in [0.1, 0.15) is 27.7 Å². The molecular weight excluding hydrogens is 172 g/mol. The Bertz CT molecular complexity index is 143. The Morgan fingerprint density at radius 3 is 2.15 bits per heavy atom. The fraction of sp³-hybridized carbons (Fsp3) is 0.889. The third kappa shape index (κ3) is 9.14. The Kier molecular flexibility index (Phi) is 6.32. The fourth-order valence-electron chi connectivity index (χ4n) is 0.635. The van der Waals surface area contributed by atoms with E-state index in [4.69, 9.17) is 14.2 Å². The molecule has 0 aromatic rings. The van der Waals surface area contributed by atoms with Gasteiger partial charge in [0.25, 0.3) is 0 Å². The van der Waals surface area contributed by atoms with E-state index < -0.39 is 6.16 Å². The molecule has 0 rings (SSSR count). The fourth-order valence-corrected chi connectivity index (χ4v) is 0.635. The van der Waals surface area contributed by atoms with E-state index in [-0.39, 0.29) is 18.8 Å². The van der Waals surface area contributed by atoms with E-state index in [1.165, 1.54) is 0 Å². The van der Waals surface area contributed by atoms with E-state index in [2.05, 4.69) is 0 Å². The molecule has 0 N–H and O–H groups in total. The van der Waals surface area contributed by atoms with E-state index in [1.807, 2.05) is 13.8 Å². The van der Waals surface area contributed by atoms with Crippen LogP contribution in [0.2, 0.25) is 0 Å². The van der Waals surface area contributed by atoms with Crippen molar-refractivity contribution in [2.75, 3.05) is 13.2 Å². The second-order valence-electron chi connectivity index (χ2n) is 3.18. The SMILES string of the molecule is CC(C)OCCOC(=O)OC(C)C. The Hall–Kier alpha value is -0.770. The molecule has 0 fully saturated rings. The topological polar surface area (TPSA) is 44.8 Å². The molecule has 0 aliphatic heterocycles. The van der Waals surface area contributed by atoms with Gasteiger partial charge in [-0.05, 0) is 27.7 Å². The highest BCUT2D eigenvalue weighted by Gasteiger charge is 2.05. The summed E-state index contributed by atoms with van der Waals surface area (Å²) in [5.41, 5.74) is 0. The van der Waals surface area contributed by atoms with Gasteiger partial charge in [-0.15, -0.1) is 0 Å². The maximum absolute atomic E-state index is 10.8. The molecule has 4 nitrogen and oxygen atoms in total. The van der Waals surface area contributed by atoms with Gasteiger partial charge in [0.1, 0.15) is 6.61 Å². The summed E-state index contributed by atoms with van der Waals surface area (Å²) in [6.07, 6.45) is -0.620. The second kappa shape index (κ2) is 6.71. The van der Waals surface area contributed by atoms with Gasteiger partial charge in [-0.2, -0.15) is 0 Å². The summed E-state index contributed by atoms with van der Waals surface area (Å²) in [5.74, 6) is 0. The molecule has 0 bridgehead atoms. The van der Waals surface area contributed by atoms with Crippen molar-refractivity contribution < 1.29 is 19.0 Å². The van der Waals surface area contributed by atoms with Gasteiger partial charge in [0.15, 0.2) is 0 Å². The van der Waals surface area contributed by atoms with Crippen LogP contribution in [0, 0.1) is 0 Å². The van der Waals surface area contributed by atoms with Gasteiger partial charge < -0.3 is 14.2 Å². The summed E-state index contributed by atoms with van der Waals surface area (Å²) >= 11 is 0. The zero-order chi connectivity index (χ0) is 10.3. The number of ether oxygens (including phenoxy) is 3. The number of carbonyl (C=O) groups is 1. The van der Waals surface area contributed by atoms with E-state index >= 15 is 0 Å². The molecule has 0 heterocycles. The van der Waals surface area contributed by atoms with Crippen molar-refractivity contribution in [2.24, 2.45) is 0 Å². The lowest BCUT2D eigenvalue weighted by Crippen LogP contribution is -2.17. The van der Waals surface area contributed by atoms with Gasteiger partial charge in [-0.3, -0.25) is 0 Å². The summed E-state index contributed by atoms with van der Waals surface area (Å²) < 4.78 is 14.6. The van der Waals surface area contributed by atoms with Crippen molar-refractivity contribution >= 4 is 6.16 Å². The van der Waals surface area contributed by atoms with E-state index in [0.717, 1.165) is 0 Å². The monoisotopic (exact) mass is 190 g/mol. The van der Waals surface area contributed by atoms with E-state index in [0.29, 0.717) is 6.61 Å². The van der Waals surface area contributed by atoms with Crippen molar-refractivity contribution in [1.29, 1.82) is 0 Å². The molecule has 4 heteroatoms. The van der Waals surface area contributed by atoms with Crippen molar-refractivity contribution in [2.45, 2.75) is 39.9 Å². The van der Waals surface area contributed by atoms with Crippen molar-refractivity contribution in [1.82, 2.24) is 0 Å². The Morgan fingerprint density at radius 2 is 1.69 bits per heavy atom. The molecule has 0 aliphatic rings. The largest absolute Gasteiger partial charge is 0.508 e. The number of carbonyl (C=O) groups excluding carboxylic acids is 1. The second-order valence-corrected chi connectivity index (χ2v) is 3.18. The molecule has 0 unspecified atom stereocenters. The molecule has 0 aliphatic carbocycles. The molecule has 0 amide bonds. The molecule has 0 spiro atoms. The third-order valence-electron chi connectivity index (χ3n) is 1.09. The van der Waals surface area contributed by atoms with Crippen molar-refractivity contribution in [3.63, 3.8) is 0 Å². The van der Waals surface area contributed by atoms with Crippen LogP contribution in [0.15, 0.2) is 0 Å². The average Bonchev–Trinajstić information content (AvgIpc) is 1.96. The smallest absolute Gasteiger partial charge is 0.432 e. The molecule has 0 atom stereocenters. The molecular formula is C9H18O4. The third-order valence-corrected chi connectivity index (χ3v) is 1.09. The van der Waals surface area contributed by atoms with E-state index in [1.54, 1.807) is 13.8 Å². The number of rotatable bonds is 5.